The van der Waals surface area contributed by atoms with Crippen molar-refractivity contribution in [2.75, 3.05) is 13.6 Å². The Kier molecular flexibility index (Phi) is 2.28. The second kappa shape index (κ2) is 2.72. The average Bonchev–Trinajstić information content (AvgIpc) is 2.08. The molecule has 0 aliphatic carbocycles. The molecule has 5 heteroatoms. The molecule has 1 aliphatic rings. The van der Waals surface area contributed by atoms with E-state index in [4.69, 9.17) is 33.0 Å². The van der Waals surface area contributed by atoms with E-state index in [2.05, 4.69) is 5.92 Å². The molecule has 0 saturated carbocycles. The van der Waals surface area contributed by atoms with Crippen LogP contribution in [0.4, 0.5) is 0 Å². The average molecular weight is 193 g/mol. The number of nitrogens with zero attached hydrogens (tertiary/aromatic N) is 1. The number of hydrogen-bond donors (Lipinski definition) is 0. The van der Waals surface area contributed by atoms with Crippen LogP contribution in [-0.4, -0.2) is 24.0 Å². The first-order chi connectivity index (χ1) is 4.56. The molecule has 10 heavy (non-hydrogen) atoms. The van der Waals surface area contributed by atoms with Gasteiger partial charge in [-0.15, -0.1) is 6.42 Å². The molecule has 1 fully saturated rings. The minimum atomic E-state index is -1.83. The van der Waals surface area contributed by atoms with Gasteiger partial charge in [0.05, 0.1) is 14.2 Å². The third kappa shape index (κ3) is 1.47. The van der Waals surface area contributed by atoms with E-state index in [1.54, 1.807) is 0 Å². The standard InChI is InChI=1S/C5H7NOS3/c1-3-5-4-6(2)10(8,9)7-5/h1,5H,4H2,2H3. The summed E-state index contributed by atoms with van der Waals surface area (Å²) in [5.41, 5.74) is 0. The lowest BCUT2D eigenvalue weighted by molar-refractivity contribution is 0.331. The Bertz CT molecular complexity index is 263. The van der Waals surface area contributed by atoms with E-state index in [1.807, 2.05) is 11.4 Å². The molecule has 0 N–H and O–H groups in total. The van der Waals surface area contributed by atoms with Crippen LogP contribution in [0.1, 0.15) is 0 Å². The van der Waals surface area contributed by atoms with Gasteiger partial charge in [0.15, 0.2) is 0 Å². The highest BCUT2D eigenvalue weighted by Gasteiger charge is 2.26. The van der Waals surface area contributed by atoms with Crippen molar-refractivity contribution in [1.29, 1.82) is 0 Å². The molecule has 0 spiro atoms. The summed E-state index contributed by atoms with van der Waals surface area (Å²) in [5, 5.41) is 0. The molecule has 1 heterocycles. The summed E-state index contributed by atoms with van der Waals surface area (Å²) < 4.78 is 7.03. The zero-order chi connectivity index (χ0) is 7.78. The Morgan fingerprint density at radius 2 is 2.40 bits per heavy atom. The van der Waals surface area contributed by atoms with E-state index >= 15 is 0 Å². The third-order valence-electron chi connectivity index (χ3n) is 1.23. The predicted octanol–water partition coefficient (Wildman–Crippen LogP) is -0.142. The van der Waals surface area contributed by atoms with Crippen molar-refractivity contribution in [2.45, 2.75) is 6.10 Å². The normalized spacial score (nSPS) is 31.8. The smallest absolute Gasteiger partial charge is 0.148 e. The lowest BCUT2D eigenvalue weighted by Gasteiger charge is -2.07. The molecule has 1 saturated heterocycles. The second-order valence-electron chi connectivity index (χ2n) is 1.99. The largest absolute Gasteiger partial charge is 0.281 e. The first kappa shape index (κ1) is 8.37. The van der Waals surface area contributed by atoms with E-state index in [0.29, 0.717) is 6.54 Å². The summed E-state index contributed by atoms with van der Waals surface area (Å²) in [6.07, 6.45) is 4.94. The quantitative estimate of drug-likeness (QED) is 0.496. The molecule has 0 radical (unpaired) electrons. The van der Waals surface area contributed by atoms with Crippen LogP contribution in [0.15, 0.2) is 0 Å². The summed E-state index contributed by atoms with van der Waals surface area (Å²) in [7, 11) is 0.0112. The molecule has 0 bridgehead atoms. The lowest BCUT2D eigenvalue weighted by Crippen LogP contribution is -2.18. The Labute approximate surface area is 70.7 Å². The van der Waals surface area contributed by atoms with Gasteiger partial charge in [-0.2, -0.15) is 0 Å². The zero-order valence-corrected chi connectivity index (χ0v) is 7.89. The summed E-state index contributed by atoms with van der Waals surface area (Å²) in [5.74, 6) is 2.47. The van der Waals surface area contributed by atoms with Gasteiger partial charge in [-0.25, -0.2) is 4.31 Å². The minimum Gasteiger partial charge on any atom is -0.281 e. The van der Waals surface area contributed by atoms with Crippen LogP contribution in [-0.2, 0) is 34.2 Å². The van der Waals surface area contributed by atoms with Crippen LogP contribution >= 0.6 is 0 Å². The fraction of sp³-hybridized carbons (Fsp3) is 0.600. The van der Waals surface area contributed by atoms with Crippen LogP contribution < -0.4 is 0 Å². The van der Waals surface area contributed by atoms with Gasteiger partial charge in [-0.05, 0) is 22.4 Å². The molecule has 1 rings (SSSR count). The molecule has 0 amide bonds. The van der Waals surface area contributed by atoms with Crippen LogP contribution in [0, 0.1) is 12.3 Å². The number of hydrogen-bond acceptors (Lipinski definition) is 3. The van der Waals surface area contributed by atoms with Gasteiger partial charge in [0.2, 0.25) is 0 Å². The molecule has 0 aromatic heterocycles. The van der Waals surface area contributed by atoms with Crippen molar-refractivity contribution in [1.82, 2.24) is 4.31 Å². The first-order valence-electron chi connectivity index (χ1n) is 2.67. The van der Waals surface area contributed by atoms with Gasteiger partial charge in [0.25, 0.3) is 0 Å². The van der Waals surface area contributed by atoms with E-state index in [0.717, 1.165) is 0 Å². The minimum absolute atomic E-state index is 0.199. The highest BCUT2D eigenvalue weighted by atomic mass is 33.1. The fourth-order valence-corrected chi connectivity index (χ4v) is 2.47. The lowest BCUT2D eigenvalue weighted by atomic mass is 10.4. The first-order valence-corrected chi connectivity index (χ1v) is 6.03. The van der Waals surface area contributed by atoms with E-state index < -0.39 is 7.61 Å². The van der Waals surface area contributed by atoms with Gasteiger partial charge in [0, 0.05) is 7.05 Å². The third-order valence-corrected chi connectivity index (χ3v) is 4.61. The van der Waals surface area contributed by atoms with E-state index in [9.17, 15) is 0 Å². The maximum absolute atomic E-state index is 5.21. The molecule has 1 aliphatic heterocycles. The van der Waals surface area contributed by atoms with Crippen LogP contribution in [0.2, 0.25) is 0 Å². The van der Waals surface area contributed by atoms with Gasteiger partial charge >= 0.3 is 0 Å². The van der Waals surface area contributed by atoms with Crippen molar-refractivity contribution in [3.63, 3.8) is 0 Å². The molecular weight excluding hydrogens is 186 g/mol. The van der Waals surface area contributed by atoms with Gasteiger partial charge in [0.1, 0.15) is 6.10 Å². The molecule has 2 nitrogen and oxygen atoms in total. The summed E-state index contributed by atoms with van der Waals surface area (Å²) in [6, 6.07) is 0. The Morgan fingerprint density at radius 1 is 1.80 bits per heavy atom. The molecule has 1 atom stereocenters. The molecule has 56 valence electrons. The van der Waals surface area contributed by atoms with Gasteiger partial charge in [-0.1, -0.05) is 5.92 Å². The van der Waals surface area contributed by atoms with Crippen LogP contribution in [0.3, 0.4) is 0 Å². The van der Waals surface area contributed by atoms with Crippen molar-refractivity contribution in [3.05, 3.63) is 0 Å². The van der Waals surface area contributed by atoms with Crippen LogP contribution in [0.5, 0.6) is 0 Å². The Morgan fingerprint density at radius 3 is 2.60 bits per heavy atom. The Hall–Kier alpha value is 0.270. The number of rotatable bonds is 0. The molecule has 1 unspecified atom stereocenters. The monoisotopic (exact) mass is 193 g/mol. The molecular formula is C5H7NOS3. The summed E-state index contributed by atoms with van der Waals surface area (Å²) in [4.78, 5) is 0. The topological polar surface area (TPSA) is 12.5 Å². The number of terminal acetylenes is 1. The van der Waals surface area contributed by atoms with Crippen molar-refractivity contribution < 1.29 is 4.18 Å². The maximum Gasteiger partial charge on any atom is 0.148 e. The molecule has 0 aromatic carbocycles. The van der Waals surface area contributed by atoms with Crippen molar-refractivity contribution in [2.24, 2.45) is 0 Å². The van der Waals surface area contributed by atoms with Gasteiger partial charge in [-0.3, -0.25) is 4.18 Å². The van der Waals surface area contributed by atoms with Crippen molar-refractivity contribution >= 4 is 30.0 Å². The highest BCUT2D eigenvalue weighted by molar-refractivity contribution is 8.53. The predicted molar refractivity (Wildman–Crippen MR) is 48.4 cm³/mol. The SMILES string of the molecule is C#CC1CN(C)S(=S)(=S)O1. The zero-order valence-electron chi connectivity index (χ0n) is 5.44. The maximum atomic E-state index is 5.21. The highest BCUT2D eigenvalue weighted by Crippen LogP contribution is 2.15. The number of likely N-dealkylation sites (N-methyl/N-ethyl adjacent to an activating group) is 1. The summed E-state index contributed by atoms with van der Waals surface area (Å²) in [6.45, 7) is 0.666. The van der Waals surface area contributed by atoms with Gasteiger partial charge < -0.3 is 0 Å². The Balaban J connectivity index is 2.84. The van der Waals surface area contributed by atoms with E-state index in [1.165, 1.54) is 0 Å². The second-order valence-corrected chi connectivity index (χ2v) is 7.00. The fourth-order valence-electron chi connectivity index (χ4n) is 0.656. The molecule has 0 aromatic rings. The van der Waals surface area contributed by atoms with E-state index in [-0.39, 0.29) is 6.10 Å². The van der Waals surface area contributed by atoms with Crippen molar-refractivity contribution in [3.8, 4) is 12.3 Å². The summed E-state index contributed by atoms with van der Waals surface area (Å²) >= 11 is 9.96. The van der Waals surface area contributed by atoms with Crippen LogP contribution in [0.25, 0.3) is 0 Å².